The zero-order chi connectivity index (χ0) is 16.1. The van der Waals surface area contributed by atoms with Crippen LogP contribution in [-0.2, 0) is 0 Å². The zero-order valence-electron chi connectivity index (χ0n) is 12.6. The van der Waals surface area contributed by atoms with Gasteiger partial charge in [-0.25, -0.2) is 14.4 Å². The van der Waals surface area contributed by atoms with E-state index in [1.807, 2.05) is 30.3 Å². The third-order valence-corrected chi connectivity index (χ3v) is 3.22. The molecule has 6 heteroatoms. The SMILES string of the molecule is COc1ccc(Nc2ccc3cc(OCC[18F])ccc3n2)cn1. The van der Waals surface area contributed by atoms with Gasteiger partial charge in [-0.05, 0) is 36.4 Å². The van der Waals surface area contributed by atoms with Crippen LogP contribution in [0.5, 0.6) is 11.6 Å². The lowest BCUT2D eigenvalue weighted by atomic mass is 10.2. The third kappa shape index (κ3) is 3.66. The number of rotatable bonds is 6. The number of methoxy groups -OCH3 is 1. The van der Waals surface area contributed by atoms with Crippen LogP contribution in [-0.4, -0.2) is 30.4 Å². The van der Waals surface area contributed by atoms with Crippen LogP contribution in [0.2, 0.25) is 0 Å². The molecule has 3 rings (SSSR count). The van der Waals surface area contributed by atoms with Gasteiger partial charge < -0.3 is 14.8 Å². The maximum atomic E-state index is 12.1. The Balaban J connectivity index is 1.79. The summed E-state index contributed by atoms with van der Waals surface area (Å²) < 4.78 is 22.4. The summed E-state index contributed by atoms with van der Waals surface area (Å²) in [7, 11) is 1.58. The van der Waals surface area contributed by atoms with E-state index in [4.69, 9.17) is 9.47 Å². The second kappa shape index (κ2) is 6.91. The molecule has 1 aromatic carbocycles. The number of ether oxygens (including phenoxy) is 2. The monoisotopic (exact) mass is 312 g/mol. The van der Waals surface area contributed by atoms with Gasteiger partial charge in [0.2, 0.25) is 5.88 Å². The number of benzene rings is 1. The zero-order valence-corrected chi connectivity index (χ0v) is 12.6. The number of halogens is 1. The average molecular weight is 312 g/mol. The number of hydrogen-bond donors (Lipinski definition) is 1. The first-order valence-corrected chi connectivity index (χ1v) is 7.15. The number of anilines is 2. The Morgan fingerprint density at radius 3 is 2.78 bits per heavy atom. The summed E-state index contributed by atoms with van der Waals surface area (Å²) in [6, 6.07) is 12.9. The van der Waals surface area contributed by atoms with Gasteiger partial charge in [0.05, 0.1) is 24.5 Å². The molecule has 0 aliphatic carbocycles. The molecule has 118 valence electrons. The molecule has 2 heterocycles. The van der Waals surface area contributed by atoms with Crippen LogP contribution in [0.3, 0.4) is 0 Å². The number of fused-ring (bicyclic) bond motifs is 1. The van der Waals surface area contributed by atoms with Crippen molar-refractivity contribution in [1.29, 1.82) is 0 Å². The second-order valence-electron chi connectivity index (χ2n) is 4.80. The van der Waals surface area contributed by atoms with Gasteiger partial charge in [-0.2, -0.15) is 0 Å². The number of nitrogens with zero attached hydrogens (tertiary/aromatic N) is 2. The summed E-state index contributed by atoms with van der Waals surface area (Å²) in [5.41, 5.74) is 1.64. The van der Waals surface area contributed by atoms with Gasteiger partial charge in [-0.15, -0.1) is 0 Å². The van der Waals surface area contributed by atoms with E-state index in [0.717, 1.165) is 16.6 Å². The van der Waals surface area contributed by atoms with E-state index in [1.165, 1.54) is 0 Å². The first-order chi connectivity index (χ1) is 11.3. The largest absolute Gasteiger partial charge is 0.491 e. The molecule has 1 N–H and O–H groups in total. The lowest BCUT2D eigenvalue weighted by Gasteiger charge is -2.08. The fraction of sp³-hybridized carbons (Fsp3) is 0.176. The normalized spacial score (nSPS) is 10.5. The molecular weight excluding hydrogens is 296 g/mol. The van der Waals surface area contributed by atoms with Crippen molar-refractivity contribution >= 4 is 22.4 Å². The third-order valence-electron chi connectivity index (χ3n) is 3.22. The molecule has 0 saturated carbocycles. The molecule has 3 aromatic rings. The van der Waals surface area contributed by atoms with Crippen LogP contribution in [0.4, 0.5) is 15.9 Å². The highest BCUT2D eigenvalue weighted by molar-refractivity contribution is 5.82. The van der Waals surface area contributed by atoms with Crippen LogP contribution in [0.1, 0.15) is 0 Å². The Morgan fingerprint density at radius 1 is 1.13 bits per heavy atom. The highest BCUT2D eigenvalue weighted by Gasteiger charge is 2.02. The van der Waals surface area contributed by atoms with Crippen molar-refractivity contribution in [3.63, 3.8) is 0 Å². The standard InChI is InChI=1S/C17H16FN3O2/c1-22-17-7-3-13(11-19-17)20-16-6-2-12-10-14(23-9-8-18)4-5-15(12)21-16/h2-7,10-11H,8-9H2,1H3,(H,20,21)/i18-1. The average Bonchev–Trinajstić information content (AvgIpc) is 2.60. The fourth-order valence-corrected chi connectivity index (χ4v) is 2.14. The minimum Gasteiger partial charge on any atom is -0.491 e. The lowest BCUT2D eigenvalue weighted by Crippen LogP contribution is -1.99. The van der Waals surface area contributed by atoms with Crippen LogP contribution in [0.15, 0.2) is 48.7 Å². The fourth-order valence-electron chi connectivity index (χ4n) is 2.14. The summed E-state index contributed by atoms with van der Waals surface area (Å²) in [5, 5.41) is 4.12. The summed E-state index contributed by atoms with van der Waals surface area (Å²) in [4.78, 5) is 8.67. The van der Waals surface area contributed by atoms with Crippen molar-refractivity contribution in [2.75, 3.05) is 25.7 Å². The number of hydrogen-bond acceptors (Lipinski definition) is 5. The van der Waals surface area contributed by atoms with E-state index in [1.54, 1.807) is 25.4 Å². The van der Waals surface area contributed by atoms with E-state index in [9.17, 15) is 4.39 Å². The van der Waals surface area contributed by atoms with Crippen molar-refractivity contribution in [2.45, 2.75) is 0 Å². The van der Waals surface area contributed by atoms with E-state index in [-0.39, 0.29) is 6.61 Å². The molecule has 0 aliphatic rings. The van der Waals surface area contributed by atoms with Crippen molar-refractivity contribution in [3.8, 4) is 11.6 Å². The first-order valence-electron chi connectivity index (χ1n) is 7.15. The van der Waals surface area contributed by atoms with Crippen LogP contribution in [0, 0.1) is 0 Å². The molecular formula is C17H16FN3O2. The molecule has 0 spiro atoms. The first kappa shape index (κ1) is 15.0. The van der Waals surface area contributed by atoms with E-state index in [0.29, 0.717) is 17.4 Å². The van der Waals surface area contributed by atoms with Crippen molar-refractivity contribution in [1.82, 2.24) is 9.97 Å². The lowest BCUT2D eigenvalue weighted by molar-refractivity contribution is 0.273. The summed E-state index contributed by atoms with van der Waals surface area (Å²) >= 11 is 0. The van der Waals surface area contributed by atoms with Gasteiger partial charge in [0.15, 0.2) is 0 Å². The predicted molar refractivity (Wildman–Crippen MR) is 87.3 cm³/mol. The molecule has 23 heavy (non-hydrogen) atoms. The highest BCUT2D eigenvalue weighted by Crippen LogP contribution is 2.23. The Hall–Kier alpha value is -2.89. The van der Waals surface area contributed by atoms with Crippen LogP contribution < -0.4 is 14.8 Å². The highest BCUT2D eigenvalue weighted by atomic mass is 18.2. The van der Waals surface area contributed by atoms with Crippen molar-refractivity contribution in [3.05, 3.63) is 48.7 Å². The number of alkyl halides is 1. The summed E-state index contributed by atoms with van der Waals surface area (Å²) in [6.45, 7) is -0.446. The van der Waals surface area contributed by atoms with E-state index in [2.05, 4.69) is 15.3 Å². The number of aromatic nitrogens is 2. The molecule has 5 nitrogen and oxygen atoms in total. The molecule has 0 aliphatic heterocycles. The predicted octanol–water partition coefficient (Wildman–Crippen LogP) is 3.73. The van der Waals surface area contributed by atoms with Gasteiger partial charge in [-0.3, -0.25) is 0 Å². The number of pyridine rings is 2. The van der Waals surface area contributed by atoms with Gasteiger partial charge >= 0.3 is 0 Å². The van der Waals surface area contributed by atoms with Gasteiger partial charge in [0, 0.05) is 11.5 Å². The molecule has 2 aromatic heterocycles. The van der Waals surface area contributed by atoms with E-state index < -0.39 is 6.67 Å². The van der Waals surface area contributed by atoms with Gasteiger partial charge in [0.25, 0.3) is 0 Å². The maximum Gasteiger partial charge on any atom is 0.213 e. The van der Waals surface area contributed by atoms with Crippen molar-refractivity contribution in [2.24, 2.45) is 0 Å². The molecule has 0 fully saturated rings. The Bertz CT molecular complexity index is 793. The van der Waals surface area contributed by atoms with E-state index >= 15 is 0 Å². The smallest absolute Gasteiger partial charge is 0.213 e. The summed E-state index contributed by atoms with van der Waals surface area (Å²) in [5.74, 6) is 1.90. The molecule has 0 amide bonds. The Labute approximate surface area is 133 Å². The molecule has 0 bridgehead atoms. The maximum absolute atomic E-state index is 12.1. The summed E-state index contributed by atoms with van der Waals surface area (Å²) in [6.07, 6.45) is 1.68. The minimum absolute atomic E-state index is 0.0586. The molecule has 0 saturated heterocycles. The topological polar surface area (TPSA) is 56.3 Å². The number of nitrogens with one attached hydrogen (secondary N) is 1. The molecule has 0 atom stereocenters. The van der Waals surface area contributed by atoms with Crippen LogP contribution in [0.25, 0.3) is 10.9 Å². The van der Waals surface area contributed by atoms with Crippen molar-refractivity contribution < 1.29 is 13.9 Å². The minimum atomic E-state index is -0.505. The quantitative estimate of drug-likeness (QED) is 0.751. The van der Waals surface area contributed by atoms with Gasteiger partial charge in [0.1, 0.15) is 24.8 Å². The molecule has 0 radical (unpaired) electrons. The Morgan fingerprint density at radius 2 is 2.04 bits per heavy atom. The van der Waals surface area contributed by atoms with Gasteiger partial charge in [-0.1, -0.05) is 0 Å². The van der Waals surface area contributed by atoms with Crippen LogP contribution >= 0.6 is 0 Å². The molecule has 0 unspecified atom stereocenters. The second-order valence-corrected chi connectivity index (χ2v) is 4.80. The Kier molecular flexibility index (Phi) is 4.52.